The van der Waals surface area contributed by atoms with Gasteiger partial charge in [-0.1, -0.05) is 18.2 Å². The first kappa shape index (κ1) is 14.2. The number of hydrogen-bond donors (Lipinski definition) is 1. The third kappa shape index (κ3) is 3.86. The molecule has 0 aliphatic rings. The van der Waals surface area contributed by atoms with Crippen LogP contribution in [0.4, 0.5) is 0 Å². The molecule has 0 heterocycles. The van der Waals surface area contributed by atoms with Crippen molar-refractivity contribution in [2.75, 3.05) is 6.54 Å². The molecule has 0 aromatic heterocycles. The van der Waals surface area contributed by atoms with E-state index in [0.717, 1.165) is 5.56 Å². The van der Waals surface area contributed by atoms with E-state index in [0.29, 0.717) is 12.1 Å². The zero-order valence-corrected chi connectivity index (χ0v) is 11.0. The highest BCUT2D eigenvalue weighted by atomic mass is 16.4. The third-order valence-corrected chi connectivity index (χ3v) is 2.77. The van der Waals surface area contributed by atoms with Crippen LogP contribution in [0.15, 0.2) is 24.3 Å². The van der Waals surface area contributed by atoms with Gasteiger partial charge in [-0.15, -0.1) is 0 Å². The molecule has 0 amide bonds. The lowest BCUT2D eigenvalue weighted by molar-refractivity contribution is -0.139. The molecule has 1 aromatic carbocycles. The maximum absolute atomic E-state index is 10.9. The van der Waals surface area contributed by atoms with E-state index in [1.807, 2.05) is 37.8 Å². The van der Waals surface area contributed by atoms with E-state index in [4.69, 9.17) is 10.4 Å². The Balaban J connectivity index is 2.97. The minimum Gasteiger partial charge on any atom is -0.480 e. The molecule has 4 nitrogen and oxygen atoms in total. The van der Waals surface area contributed by atoms with Gasteiger partial charge in [-0.05, 0) is 32.4 Å². The van der Waals surface area contributed by atoms with Gasteiger partial charge in [0.05, 0.1) is 18.2 Å². The maximum Gasteiger partial charge on any atom is 0.317 e. The summed E-state index contributed by atoms with van der Waals surface area (Å²) in [6.07, 6.45) is 0. The van der Waals surface area contributed by atoms with Crippen LogP contribution >= 0.6 is 0 Å². The average Bonchev–Trinajstić information content (AvgIpc) is 2.27. The largest absolute Gasteiger partial charge is 0.480 e. The van der Waals surface area contributed by atoms with Crippen LogP contribution in [0.5, 0.6) is 0 Å². The number of carbonyl (C=O) groups is 1. The van der Waals surface area contributed by atoms with Gasteiger partial charge < -0.3 is 5.11 Å². The molecule has 0 unspecified atom stereocenters. The molecule has 1 aromatic rings. The van der Waals surface area contributed by atoms with Crippen LogP contribution in [-0.4, -0.2) is 28.1 Å². The molecule has 1 rings (SSSR count). The van der Waals surface area contributed by atoms with Crippen LogP contribution in [0, 0.1) is 11.3 Å². The fourth-order valence-electron chi connectivity index (χ4n) is 1.67. The van der Waals surface area contributed by atoms with Gasteiger partial charge in [0.25, 0.3) is 0 Å². The second kappa shape index (κ2) is 5.65. The highest BCUT2D eigenvalue weighted by Crippen LogP contribution is 2.18. The molecule has 0 saturated carbocycles. The highest BCUT2D eigenvalue weighted by Gasteiger charge is 2.24. The normalized spacial score (nSPS) is 11.3. The molecular weight excluding hydrogens is 228 g/mol. The minimum absolute atomic E-state index is 0.0384. The molecule has 0 bridgehead atoms. The van der Waals surface area contributed by atoms with Gasteiger partial charge in [-0.3, -0.25) is 9.69 Å². The second-order valence-electron chi connectivity index (χ2n) is 5.19. The molecule has 0 aliphatic carbocycles. The summed E-state index contributed by atoms with van der Waals surface area (Å²) in [5, 5.41) is 18.0. The van der Waals surface area contributed by atoms with E-state index in [2.05, 4.69) is 6.07 Å². The summed E-state index contributed by atoms with van der Waals surface area (Å²) in [5.41, 5.74) is 1.19. The number of aliphatic carboxylic acids is 1. The van der Waals surface area contributed by atoms with Gasteiger partial charge in [-0.25, -0.2) is 0 Å². The van der Waals surface area contributed by atoms with Gasteiger partial charge in [-0.2, -0.15) is 5.26 Å². The number of nitrogens with zero attached hydrogens (tertiary/aromatic N) is 2. The summed E-state index contributed by atoms with van der Waals surface area (Å²) in [4.78, 5) is 12.7. The first-order chi connectivity index (χ1) is 8.34. The zero-order valence-electron chi connectivity index (χ0n) is 11.0. The third-order valence-electron chi connectivity index (χ3n) is 2.77. The van der Waals surface area contributed by atoms with E-state index in [1.165, 1.54) is 0 Å². The summed E-state index contributed by atoms with van der Waals surface area (Å²) in [6, 6.07) is 9.40. The van der Waals surface area contributed by atoms with Gasteiger partial charge >= 0.3 is 5.97 Å². The van der Waals surface area contributed by atoms with Crippen LogP contribution in [0.1, 0.15) is 31.9 Å². The van der Waals surface area contributed by atoms with Gasteiger partial charge in [0.1, 0.15) is 0 Å². The fraction of sp³-hybridized carbons (Fsp3) is 0.429. The number of nitriles is 1. The van der Waals surface area contributed by atoms with Crippen molar-refractivity contribution in [3.63, 3.8) is 0 Å². The lowest BCUT2D eigenvalue weighted by atomic mass is 10.0. The Morgan fingerprint density at radius 2 is 2.00 bits per heavy atom. The fourth-order valence-corrected chi connectivity index (χ4v) is 1.67. The Hall–Kier alpha value is -1.86. The quantitative estimate of drug-likeness (QED) is 0.885. The molecule has 0 aliphatic heterocycles. The van der Waals surface area contributed by atoms with Crippen LogP contribution < -0.4 is 0 Å². The van der Waals surface area contributed by atoms with E-state index in [9.17, 15) is 4.79 Å². The molecule has 0 atom stereocenters. The van der Waals surface area contributed by atoms with Crippen molar-refractivity contribution in [3.8, 4) is 6.07 Å². The molecule has 4 heteroatoms. The Morgan fingerprint density at radius 3 is 2.50 bits per heavy atom. The van der Waals surface area contributed by atoms with Crippen molar-refractivity contribution in [1.82, 2.24) is 4.90 Å². The summed E-state index contributed by atoms with van der Waals surface area (Å²) in [5.74, 6) is -0.862. The predicted octanol–water partition coefficient (Wildman–Crippen LogP) is 2.24. The van der Waals surface area contributed by atoms with Crippen LogP contribution in [0.2, 0.25) is 0 Å². The zero-order chi connectivity index (χ0) is 13.8. The molecule has 0 saturated heterocycles. The number of carboxylic acids is 1. The predicted molar refractivity (Wildman–Crippen MR) is 69.0 cm³/mol. The van der Waals surface area contributed by atoms with E-state index in [1.54, 1.807) is 12.1 Å². The molecule has 1 N–H and O–H groups in total. The number of rotatable bonds is 4. The van der Waals surface area contributed by atoms with Crippen molar-refractivity contribution in [2.45, 2.75) is 32.9 Å². The standard InChI is InChI=1S/C14H18N2O2/c1-14(2,3)16(10-13(17)18)9-12-7-5-4-6-11(12)8-15/h4-7H,9-10H2,1-3H3,(H,17,18). The topological polar surface area (TPSA) is 64.3 Å². The lowest BCUT2D eigenvalue weighted by Crippen LogP contribution is -2.43. The lowest BCUT2D eigenvalue weighted by Gasteiger charge is -2.34. The number of carboxylic acid groups (broad SMARTS) is 1. The molecular formula is C14H18N2O2. The van der Waals surface area contributed by atoms with E-state index < -0.39 is 5.97 Å². The average molecular weight is 246 g/mol. The number of hydrogen-bond acceptors (Lipinski definition) is 3. The first-order valence-corrected chi connectivity index (χ1v) is 5.79. The molecule has 0 fully saturated rings. The summed E-state index contributed by atoms with van der Waals surface area (Å²) < 4.78 is 0. The van der Waals surface area contributed by atoms with E-state index >= 15 is 0 Å². The maximum atomic E-state index is 10.9. The number of benzene rings is 1. The second-order valence-corrected chi connectivity index (χ2v) is 5.19. The first-order valence-electron chi connectivity index (χ1n) is 5.79. The molecule has 0 spiro atoms. The van der Waals surface area contributed by atoms with Crippen molar-refractivity contribution in [3.05, 3.63) is 35.4 Å². The van der Waals surface area contributed by atoms with Crippen molar-refractivity contribution >= 4 is 5.97 Å². The van der Waals surface area contributed by atoms with Gasteiger partial charge in [0, 0.05) is 12.1 Å². The van der Waals surface area contributed by atoms with Gasteiger partial charge in [0.2, 0.25) is 0 Å². The smallest absolute Gasteiger partial charge is 0.317 e. The Labute approximate surface area is 107 Å². The summed E-state index contributed by atoms with van der Waals surface area (Å²) in [6.45, 7) is 6.31. The monoisotopic (exact) mass is 246 g/mol. The SMILES string of the molecule is CC(C)(C)N(CC(=O)O)Cc1ccccc1C#N. The Bertz CT molecular complexity index is 469. The molecule has 96 valence electrons. The minimum atomic E-state index is -0.862. The highest BCUT2D eigenvalue weighted by molar-refractivity contribution is 5.69. The summed E-state index contributed by atoms with van der Waals surface area (Å²) >= 11 is 0. The van der Waals surface area contributed by atoms with Crippen molar-refractivity contribution in [2.24, 2.45) is 0 Å². The van der Waals surface area contributed by atoms with Gasteiger partial charge in [0.15, 0.2) is 0 Å². The molecule has 0 radical (unpaired) electrons. The van der Waals surface area contributed by atoms with E-state index in [-0.39, 0.29) is 12.1 Å². The van der Waals surface area contributed by atoms with Crippen LogP contribution in [0.25, 0.3) is 0 Å². The van der Waals surface area contributed by atoms with Crippen molar-refractivity contribution in [1.29, 1.82) is 5.26 Å². The van der Waals surface area contributed by atoms with Crippen LogP contribution in [-0.2, 0) is 11.3 Å². The molecule has 18 heavy (non-hydrogen) atoms. The Kier molecular flexibility index (Phi) is 4.46. The van der Waals surface area contributed by atoms with Crippen LogP contribution in [0.3, 0.4) is 0 Å². The Morgan fingerprint density at radius 1 is 1.39 bits per heavy atom. The van der Waals surface area contributed by atoms with Crippen molar-refractivity contribution < 1.29 is 9.90 Å². The summed E-state index contributed by atoms with van der Waals surface area (Å²) in [7, 11) is 0.